The van der Waals surface area contributed by atoms with Crippen LogP contribution in [0.1, 0.15) is 19.4 Å². The largest absolute Gasteiger partial charge is 0.368 e. The summed E-state index contributed by atoms with van der Waals surface area (Å²) in [6.07, 6.45) is 0.133. The Morgan fingerprint density at radius 1 is 1.42 bits per heavy atom. The second kappa shape index (κ2) is 4.21. The van der Waals surface area contributed by atoms with Gasteiger partial charge in [-0.15, -0.1) is 0 Å². The highest BCUT2D eigenvalue weighted by Gasteiger charge is 1.97. The van der Waals surface area contributed by atoms with Crippen molar-refractivity contribution in [3.05, 3.63) is 42.3 Å². The Hall–Kier alpha value is -0.890. The third-order valence-corrected chi connectivity index (χ3v) is 1.32. The van der Waals surface area contributed by atoms with Crippen LogP contribution in [0.2, 0.25) is 0 Å². The summed E-state index contributed by atoms with van der Waals surface area (Å²) in [5, 5.41) is 0. The van der Waals surface area contributed by atoms with Gasteiger partial charge >= 0.3 is 0 Å². The lowest BCUT2D eigenvalue weighted by molar-refractivity contribution is 0.147. The fourth-order valence-corrected chi connectivity index (χ4v) is 0.795. The van der Waals surface area contributed by atoms with E-state index in [0.29, 0.717) is 0 Å². The van der Waals surface area contributed by atoms with Crippen LogP contribution < -0.4 is 0 Å². The molecule has 0 bridgehead atoms. The van der Waals surface area contributed by atoms with Gasteiger partial charge in [0.15, 0.2) is 0 Å². The minimum absolute atomic E-state index is 0.133. The number of rotatable bonds is 3. The third kappa shape index (κ3) is 3.01. The molecular formula is C10H12FO. The van der Waals surface area contributed by atoms with E-state index < -0.39 is 0 Å². The van der Waals surface area contributed by atoms with E-state index in [1.54, 1.807) is 18.7 Å². The van der Waals surface area contributed by atoms with E-state index in [9.17, 15) is 4.39 Å². The highest BCUT2D eigenvalue weighted by atomic mass is 19.1. The SMILES string of the molecule is CC(C)O[CH]c1cccc(F)c1. The van der Waals surface area contributed by atoms with Crippen molar-refractivity contribution in [2.45, 2.75) is 20.0 Å². The van der Waals surface area contributed by atoms with Crippen molar-refractivity contribution in [1.82, 2.24) is 0 Å². The summed E-state index contributed by atoms with van der Waals surface area (Å²) >= 11 is 0. The highest BCUT2D eigenvalue weighted by Crippen LogP contribution is 2.07. The van der Waals surface area contributed by atoms with Crippen molar-refractivity contribution < 1.29 is 9.13 Å². The van der Waals surface area contributed by atoms with Crippen molar-refractivity contribution in [3.8, 4) is 0 Å². The van der Waals surface area contributed by atoms with E-state index in [2.05, 4.69) is 0 Å². The molecule has 0 spiro atoms. The van der Waals surface area contributed by atoms with Gasteiger partial charge in [0, 0.05) is 0 Å². The predicted octanol–water partition coefficient (Wildman–Crippen LogP) is 2.76. The molecule has 1 radical (unpaired) electrons. The minimum atomic E-state index is -0.240. The van der Waals surface area contributed by atoms with Crippen molar-refractivity contribution in [2.75, 3.05) is 0 Å². The number of ether oxygens (including phenoxy) is 1. The maximum absolute atomic E-state index is 12.6. The van der Waals surface area contributed by atoms with Gasteiger partial charge in [-0.3, -0.25) is 0 Å². The Morgan fingerprint density at radius 2 is 2.17 bits per heavy atom. The molecule has 0 unspecified atom stereocenters. The maximum atomic E-state index is 12.6. The number of benzene rings is 1. The van der Waals surface area contributed by atoms with Crippen LogP contribution in [0, 0.1) is 12.4 Å². The summed E-state index contributed by atoms with van der Waals surface area (Å²) in [5.41, 5.74) is 0.753. The third-order valence-electron chi connectivity index (χ3n) is 1.32. The first-order valence-electron chi connectivity index (χ1n) is 3.93. The first kappa shape index (κ1) is 9.20. The van der Waals surface area contributed by atoms with Crippen LogP contribution >= 0.6 is 0 Å². The quantitative estimate of drug-likeness (QED) is 0.672. The predicted molar refractivity (Wildman–Crippen MR) is 46.0 cm³/mol. The lowest BCUT2D eigenvalue weighted by Gasteiger charge is -2.05. The lowest BCUT2D eigenvalue weighted by atomic mass is 10.2. The Kier molecular flexibility index (Phi) is 3.23. The summed E-state index contributed by atoms with van der Waals surface area (Å²) in [6.45, 7) is 5.42. The molecule has 0 aliphatic heterocycles. The first-order chi connectivity index (χ1) is 5.68. The van der Waals surface area contributed by atoms with Crippen LogP contribution in [0.15, 0.2) is 24.3 Å². The summed E-state index contributed by atoms with van der Waals surface area (Å²) in [4.78, 5) is 0. The summed E-state index contributed by atoms with van der Waals surface area (Å²) in [7, 11) is 0. The van der Waals surface area contributed by atoms with Crippen LogP contribution in [-0.2, 0) is 4.74 Å². The molecule has 0 heterocycles. The number of halogens is 1. The molecule has 0 amide bonds. The van der Waals surface area contributed by atoms with Gasteiger partial charge in [-0.05, 0) is 31.5 Å². The fourth-order valence-electron chi connectivity index (χ4n) is 0.795. The average Bonchev–Trinajstić information content (AvgIpc) is 2.01. The number of hydrogen-bond donors (Lipinski definition) is 0. The summed E-state index contributed by atoms with van der Waals surface area (Å²) in [5.74, 6) is -0.240. The van der Waals surface area contributed by atoms with Crippen LogP contribution in [0.4, 0.5) is 4.39 Å². The second-order valence-corrected chi connectivity index (χ2v) is 2.86. The van der Waals surface area contributed by atoms with E-state index in [0.717, 1.165) is 5.56 Å². The molecule has 1 rings (SSSR count). The molecule has 0 aromatic heterocycles. The normalized spacial score (nSPS) is 10.7. The molecule has 1 aromatic carbocycles. The highest BCUT2D eigenvalue weighted by molar-refractivity contribution is 5.21. The molecule has 12 heavy (non-hydrogen) atoms. The van der Waals surface area contributed by atoms with Crippen LogP contribution in [0.25, 0.3) is 0 Å². The molecule has 0 atom stereocenters. The zero-order chi connectivity index (χ0) is 8.97. The zero-order valence-corrected chi connectivity index (χ0v) is 7.25. The standard InChI is InChI=1S/C10H12FO/c1-8(2)12-7-9-4-3-5-10(11)6-9/h3-8H,1-2H3. The minimum Gasteiger partial charge on any atom is -0.368 e. The molecule has 0 N–H and O–H groups in total. The zero-order valence-electron chi connectivity index (χ0n) is 7.25. The molecular weight excluding hydrogens is 155 g/mol. The second-order valence-electron chi connectivity index (χ2n) is 2.86. The van der Waals surface area contributed by atoms with E-state index in [-0.39, 0.29) is 11.9 Å². The van der Waals surface area contributed by atoms with E-state index in [1.165, 1.54) is 12.1 Å². The van der Waals surface area contributed by atoms with E-state index in [4.69, 9.17) is 4.74 Å². The first-order valence-corrected chi connectivity index (χ1v) is 3.93. The van der Waals surface area contributed by atoms with E-state index in [1.807, 2.05) is 13.8 Å². The van der Waals surface area contributed by atoms with Crippen LogP contribution in [0.3, 0.4) is 0 Å². The van der Waals surface area contributed by atoms with Crippen molar-refractivity contribution in [1.29, 1.82) is 0 Å². The van der Waals surface area contributed by atoms with Gasteiger partial charge in [-0.2, -0.15) is 0 Å². The Balaban J connectivity index is 2.52. The van der Waals surface area contributed by atoms with Gasteiger partial charge in [0.25, 0.3) is 0 Å². The van der Waals surface area contributed by atoms with Gasteiger partial charge in [0.2, 0.25) is 0 Å². The van der Waals surface area contributed by atoms with Crippen molar-refractivity contribution in [3.63, 3.8) is 0 Å². The average molecular weight is 167 g/mol. The monoisotopic (exact) mass is 167 g/mol. The molecule has 0 saturated carbocycles. The fraction of sp³-hybridized carbons (Fsp3) is 0.300. The van der Waals surface area contributed by atoms with Gasteiger partial charge in [-0.1, -0.05) is 12.1 Å². The van der Waals surface area contributed by atoms with Crippen molar-refractivity contribution in [2.24, 2.45) is 0 Å². The van der Waals surface area contributed by atoms with Crippen LogP contribution in [0.5, 0.6) is 0 Å². The van der Waals surface area contributed by atoms with Gasteiger partial charge in [-0.25, -0.2) is 4.39 Å². The van der Waals surface area contributed by atoms with Gasteiger partial charge in [0.05, 0.1) is 6.10 Å². The Morgan fingerprint density at radius 3 is 2.75 bits per heavy atom. The molecule has 1 aromatic rings. The smallest absolute Gasteiger partial charge is 0.123 e. The molecule has 2 heteroatoms. The molecule has 0 aliphatic carbocycles. The van der Waals surface area contributed by atoms with Gasteiger partial charge in [0.1, 0.15) is 12.4 Å². The van der Waals surface area contributed by atoms with Crippen LogP contribution in [-0.4, -0.2) is 6.10 Å². The van der Waals surface area contributed by atoms with Crippen molar-refractivity contribution >= 4 is 0 Å². The Labute approximate surface area is 72.2 Å². The molecule has 0 aliphatic rings. The number of hydrogen-bond acceptors (Lipinski definition) is 1. The topological polar surface area (TPSA) is 9.23 Å². The molecule has 1 nitrogen and oxygen atoms in total. The molecule has 0 saturated heterocycles. The summed E-state index contributed by atoms with van der Waals surface area (Å²) in [6, 6.07) is 6.30. The molecule has 65 valence electrons. The van der Waals surface area contributed by atoms with Gasteiger partial charge < -0.3 is 4.74 Å². The maximum Gasteiger partial charge on any atom is 0.123 e. The van der Waals surface area contributed by atoms with E-state index >= 15 is 0 Å². The molecule has 0 fully saturated rings. The Bertz CT molecular complexity index is 245. The lowest BCUT2D eigenvalue weighted by Crippen LogP contribution is -2.00. The summed E-state index contributed by atoms with van der Waals surface area (Å²) < 4.78 is 17.8.